The molecule has 4 heterocycles. The van der Waals surface area contributed by atoms with Gasteiger partial charge in [0.25, 0.3) is 5.91 Å². The summed E-state index contributed by atoms with van der Waals surface area (Å²) in [6.45, 7) is -0.471. The molecule has 3 aromatic heterocycles. The second-order valence-corrected chi connectivity index (χ2v) is 10.5. The molecule has 0 radical (unpaired) electrons. The first kappa shape index (κ1) is 28.4. The van der Waals surface area contributed by atoms with Gasteiger partial charge in [0.2, 0.25) is 11.7 Å². The lowest BCUT2D eigenvalue weighted by Gasteiger charge is -2.33. The summed E-state index contributed by atoms with van der Waals surface area (Å²) in [6.07, 6.45) is -2.13. The van der Waals surface area contributed by atoms with Crippen LogP contribution in [0, 0.1) is 0 Å². The highest BCUT2D eigenvalue weighted by Gasteiger charge is 2.32. The van der Waals surface area contributed by atoms with Gasteiger partial charge in [-0.1, -0.05) is 29.4 Å². The number of piperidine rings is 1. The molecule has 2 atom stereocenters. The molecule has 6 rings (SSSR count). The maximum Gasteiger partial charge on any atom is 0.406 e. The van der Waals surface area contributed by atoms with Crippen LogP contribution in [-0.4, -0.2) is 73.8 Å². The normalized spacial score (nSPS) is 17.8. The largest absolute Gasteiger partial charge is 0.406 e. The van der Waals surface area contributed by atoms with Crippen LogP contribution in [0.2, 0.25) is 0 Å². The fraction of sp³-hybridized carbons (Fsp3) is 0.310. The number of nitrogens with one attached hydrogen (secondary N) is 2. The summed E-state index contributed by atoms with van der Waals surface area (Å²) in [7, 11) is 1.84. The monoisotopic (exact) mass is 596 g/mol. The van der Waals surface area contributed by atoms with Crippen molar-refractivity contribution in [1.29, 1.82) is 0 Å². The van der Waals surface area contributed by atoms with Crippen LogP contribution in [0.5, 0.6) is 0 Å². The molecule has 14 heteroatoms. The lowest BCUT2D eigenvalue weighted by molar-refractivity contribution is -0.139. The van der Waals surface area contributed by atoms with Gasteiger partial charge in [0.05, 0.1) is 41.2 Å². The minimum absolute atomic E-state index is 0.00700. The molecule has 1 fully saturated rings. The van der Waals surface area contributed by atoms with E-state index in [4.69, 9.17) is 4.52 Å². The molecule has 43 heavy (non-hydrogen) atoms. The van der Waals surface area contributed by atoms with Gasteiger partial charge in [0, 0.05) is 30.4 Å². The van der Waals surface area contributed by atoms with Gasteiger partial charge >= 0.3 is 6.18 Å². The highest BCUT2D eigenvalue weighted by atomic mass is 19.4. The van der Waals surface area contributed by atoms with Crippen LogP contribution < -0.4 is 10.6 Å². The van der Waals surface area contributed by atoms with Crippen molar-refractivity contribution in [3.8, 4) is 17.2 Å². The molecule has 0 saturated carbocycles. The SMILES string of the molecule is CN1CC[C@@H](Nc2cccc3c2cc(-c2noc(CNC(=O)c4cnn(-c5ccccc5)c4)n2)n3CC(F)(F)F)[C@@H](F)C1. The Morgan fingerprint density at radius 3 is 2.72 bits per heavy atom. The number of hydrogen-bond donors (Lipinski definition) is 2. The van der Waals surface area contributed by atoms with Gasteiger partial charge in [0.1, 0.15) is 12.7 Å². The van der Waals surface area contributed by atoms with Crippen molar-refractivity contribution in [2.75, 3.05) is 25.5 Å². The third-order valence-corrected chi connectivity index (χ3v) is 7.33. The van der Waals surface area contributed by atoms with Gasteiger partial charge < -0.3 is 24.6 Å². The lowest BCUT2D eigenvalue weighted by Crippen LogP contribution is -2.46. The predicted molar refractivity (Wildman–Crippen MR) is 150 cm³/mol. The van der Waals surface area contributed by atoms with Crippen LogP contribution in [0.15, 0.2) is 71.5 Å². The third-order valence-electron chi connectivity index (χ3n) is 7.33. The van der Waals surface area contributed by atoms with Crippen molar-refractivity contribution < 1.29 is 26.9 Å². The van der Waals surface area contributed by atoms with E-state index >= 15 is 0 Å². The maximum atomic E-state index is 14.8. The fourth-order valence-electron chi connectivity index (χ4n) is 5.21. The fourth-order valence-corrected chi connectivity index (χ4v) is 5.21. The molecule has 224 valence electrons. The summed E-state index contributed by atoms with van der Waals surface area (Å²) in [6, 6.07) is 15.2. The van der Waals surface area contributed by atoms with Crippen molar-refractivity contribution in [3.05, 3.63) is 78.4 Å². The number of amides is 1. The number of nitrogens with zero attached hydrogens (tertiary/aromatic N) is 6. The zero-order valence-electron chi connectivity index (χ0n) is 23.1. The molecular weight excluding hydrogens is 568 g/mol. The average molecular weight is 597 g/mol. The van der Waals surface area contributed by atoms with E-state index < -0.39 is 30.8 Å². The van der Waals surface area contributed by atoms with Crippen molar-refractivity contribution in [2.45, 2.75) is 37.9 Å². The maximum absolute atomic E-state index is 14.8. The number of benzene rings is 2. The molecule has 1 amide bonds. The molecule has 2 N–H and O–H groups in total. The highest BCUT2D eigenvalue weighted by Crippen LogP contribution is 2.35. The first-order valence-corrected chi connectivity index (χ1v) is 13.6. The van der Waals surface area contributed by atoms with Gasteiger partial charge in [-0.25, -0.2) is 9.07 Å². The number of carbonyl (C=O) groups is 1. The van der Waals surface area contributed by atoms with Crippen LogP contribution in [0.25, 0.3) is 28.1 Å². The van der Waals surface area contributed by atoms with E-state index in [1.54, 1.807) is 29.1 Å². The Morgan fingerprint density at radius 1 is 1.14 bits per heavy atom. The van der Waals surface area contributed by atoms with E-state index in [9.17, 15) is 22.4 Å². The molecule has 0 spiro atoms. The number of alkyl halides is 4. The molecule has 0 aliphatic carbocycles. The number of halogens is 4. The van der Waals surface area contributed by atoms with Crippen molar-refractivity contribution in [3.63, 3.8) is 0 Å². The molecule has 1 saturated heterocycles. The smallest absolute Gasteiger partial charge is 0.379 e. The molecule has 0 bridgehead atoms. The summed E-state index contributed by atoms with van der Waals surface area (Å²) in [5.74, 6) is -0.508. The number of fused-ring (bicyclic) bond motifs is 1. The Balaban J connectivity index is 1.23. The first-order valence-electron chi connectivity index (χ1n) is 13.6. The van der Waals surface area contributed by atoms with Crippen molar-refractivity contribution in [1.82, 2.24) is 34.7 Å². The minimum Gasteiger partial charge on any atom is -0.379 e. The second kappa shape index (κ2) is 11.5. The lowest BCUT2D eigenvalue weighted by atomic mass is 10.0. The summed E-state index contributed by atoms with van der Waals surface area (Å²) in [4.78, 5) is 18.9. The van der Waals surface area contributed by atoms with Gasteiger partial charge in [-0.15, -0.1) is 0 Å². The number of para-hydroxylation sites is 1. The van der Waals surface area contributed by atoms with Crippen LogP contribution in [0.4, 0.5) is 23.2 Å². The van der Waals surface area contributed by atoms with Crippen LogP contribution in [0.1, 0.15) is 22.7 Å². The summed E-state index contributed by atoms with van der Waals surface area (Å²) >= 11 is 0. The number of hydrogen-bond acceptors (Lipinski definition) is 7. The number of anilines is 1. The summed E-state index contributed by atoms with van der Waals surface area (Å²) in [5.41, 5.74) is 1.97. The summed E-state index contributed by atoms with van der Waals surface area (Å²) in [5, 5.41) is 14.4. The molecule has 0 unspecified atom stereocenters. The molecule has 2 aromatic carbocycles. The molecular formula is C29H28F4N8O2. The van der Waals surface area contributed by atoms with E-state index in [2.05, 4.69) is 25.9 Å². The van der Waals surface area contributed by atoms with E-state index in [0.29, 0.717) is 29.6 Å². The Hall–Kier alpha value is -4.72. The zero-order chi connectivity index (χ0) is 30.1. The average Bonchev–Trinajstić information content (AvgIpc) is 3.73. The highest BCUT2D eigenvalue weighted by molar-refractivity contribution is 5.96. The number of rotatable bonds is 8. The standard InChI is InChI=1S/C29H28F4N8O2/c1-39-11-10-23(21(30)16-39)36-22-8-5-9-24-20(22)12-25(40(24)17-29(31,32)33)27-37-26(43-38-27)14-34-28(42)18-13-35-41(15-18)19-6-3-2-4-7-19/h2-9,12-13,15,21,23,36H,10-11,14,16-17H2,1H3,(H,34,42)/t21-,23+/m0/s1. The predicted octanol–water partition coefficient (Wildman–Crippen LogP) is 4.82. The second-order valence-electron chi connectivity index (χ2n) is 10.5. The van der Waals surface area contributed by atoms with E-state index in [1.807, 2.05) is 42.3 Å². The number of carbonyl (C=O) groups excluding carboxylic acids is 1. The van der Waals surface area contributed by atoms with Crippen molar-refractivity contribution >= 4 is 22.5 Å². The molecule has 5 aromatic rings. The van der Waals surface area contributed by atoms with Gasteiger partial charge in [0.15, 0.2) is 0 Å². The summed E-state index contributed by atoms with van der Waals surface area (Å²) < 4.78 is 63.7. The van der Waals surface area contributed by atoms with Gasteiger partial charge in [-0.05, 0) is 43.8 Å². The van der Waals surface area contributed by atoms with Crippen LogP contribution in [-0.2, 0) is 13.1 Å². The Bertz CT molecular complexity index is 1730. The Labute approximate surface area is 243 Å². The zero-order valence-corrected chi connectivity index (χ0v) is 23.1. The third kappa shape index (κ3) is 6.23. The Kier molecular flexibility index (Phi) is 7.61. The van der Waals surface area contributed by atoms with Crippen molar-refractivity contribution in [2.24, 2.45) is 0 Å². The van der Waals surface area contributed by atoms with Gasteiger partial charge in [-0.2, -0.15) is 23.3 Å². The van der Waals surface area contributed by atoms with Crippen LogP contribution in [0.3, 0.4) is 0 Å². The van der Waals surface area contributed by atoms with E-state index in [0.717, 1.165) is 10.3 Å². The Morgan fingerprint density at radius 2 is 1.95 bits per heavy atom. The van der Waals surface area contributed by atoms with Crippen LogP contribution >= 0.6 is 0 Å². The molecule has 1 aliphatic heterocycles. The minimum atomic E-state index is -4.53. The van der Waals surface area contributed by atoms with Gasteiger partial charge in [-0.3, -0.25) is 4.79 Å². The van der Waals surface area contributed by atoms with E-state index in [-0.39, 0.29) is 36.0 Å². The molecule has 1 aliphatic rings. The quantitative estimate of drug-likeness (QED) is 0.248. The van der Waals surface area contributed by atoms with E-state index in [1.165, 1.54) is 12.3 Å². The molecule has 10 nitrogen and oxygen atoms in total. The topological polar surface area (TPSA) is 106 Å². The number of likely N-dealkylation sites (tertiary alicyclic amines) is 1. The first-order chi connectivity index (χ1) is 20.6. The number of aromatic nitrogens is 5.